The highest BCUT2D eigenvalue weighted by molar-refractivity contribution is 5.98. The molecule has 3 heteroatoms. The SMILES string of the molecule is CC(=NOc1ccc(C=O)cc1)c1ccc(C)cc1. The van der Waals surface area contributed by atoms with E-state index < -0.39 is 0 Å². The summed E-state index contributed by atoms with van der Waals surface area (Å²) in [5.41, 5.74) is 3.66. The van der Waals surface area contributed by atoms with Crippen LogP contribution >= 0.6 is 0 Å². The second-order valence-electron chi connectivity index (χ2n) is 4.32. The zero-order valence-corrected chi connectivity index (χ0v) is 11.0. The Labute approximate surface area is 112 Å². The van der Waals surface area contributed by atoms with Crippen molar-refractivity contribution in [3.8, 4) is 5.75 Å². The largest absolute Gasteiger partial charge is 0.357 e. The number of aldehydes is 1. The topological polar surface area (TPSA) is 38.7 Å². The van der Waals surface area contributed by atoms with Crippen LogP contribution in [0.25, 0.3) is 0 Å². The third-order valence-electron chi connectivity index (χ3n) is 2.77. The molecule has 3 nitrogen and oxygen atoms in total. The van der Waals surface area contributed by atoms with Crippen LogP contribution in [-0.4, -0.2) is 12.0 Å². The van der Waals surface area contributed by atoms with Gasteiger partial charge < -0.3 is 4.84 Å². The fraction of sp³-hybridized carbons (Fsp3) is 0.125. The highest BCUT2D eigenvalue weighted by Crippen LogP contribution is 2.12. The normalized spacial score (nSPS) is 11.2. The molecule has 0 aromatic heterocycles. The molecule has 19 heavy (non-hydrogen) atoms. The number of aryl methyl sites for hydroxylation is 1. The third kappa shape index (κ3) is 3.52. The van der Waals surface area contributed by atoms with Gasteiger partial charge in [0.2, 0.25) is 0 Å². The summed E-state index contributed by atoms with van der Waals surface area (Å²) < 4.78 is 0. The maximum absolute atomic E-state index is 10.5. The molecule has 2 aromatic carbocycles. The van der Waals surface area contributed by atoms with Crippen LogP contribution in [0.3, 0.4) is 0 Å². The van der Waals surface area contributed by atoms with Crippen molar-refractivity contribution in [3.63, 3.8) is 0 Å². The van der Waals surface area contributed by atoms with Gasteiger partial charge in [-0.15, -0.1) is 0 Å². The Hall–Kier alpha value is -2.42. The van der Waals surface area contributed by atoms with Crippen molar-refractivity contribution in [3.05, 3.63) is 65.2 Å². The number of oxime groups is 1. The third-order valence-corrected chi connectivity index (χ3v) is 2.77. The van der Waals surface area contributed by atoms with Gasteiger partial charge in [-0.1, -0.05) is 35.0 Å². The van der Waals surface area contributed by atoms with Crippen molar-refractivity contribution < 1.29 is 9.63 Å². The highest BCUT2D eigenvalue weighted by Gasteiger charge is 1.98. The second-order valence-corrected chi connectivity index (χ2v) is 4.32. The fourth-order valence-electron chi connectivity index (χ4n) is 1.58. The van der Waals surface area contributed by atoms with E-state index in [0.717, 1.165) is 17.6 Å². The molecule has 0 aliphatic heterocycles. The van der Waals surface area contributed by atoms with E-state index in [4.69, 9.17) is 4.84 Å². The van der Waals surface area contributed by atoms with Crippen LogP contribution in [-0.2, 0) is 0 Å². The smallest absolute Gasteiger partial charge is 0.158 e. The van der Waals surface area contributed by atoms with Crippen molar-refractivity contribution in [2.45, 2.75) is 13.8 Å². The van der Waals surface area contributed by atoms with Gasteiger partial charge in [-0.2, -0.15) is 0 Å². The molecule has 0 bridgehead atoms. The van der Waals surface area contributed by atoms with E-state index >= 15 is 0 Å². The Kier molecular flexibility index (Phi) is 4.08. The number of hydrogen-bond donors (Lipinski definition) is 0. The van der Waals surface area contributed by atoms with Crippen LogP contribution < -0.4 is 4.84 Å². The molecular weight excluding hydrogens is 238 g/mol. The Morgan fingerprint density at radius 3 is 2.26 bits per heavy atom. The second kappa shape index (κ2) is 5.96. The molecule has 96 valence electrons. The molecule has 0 aliphatic carbocycles. The Bertz CT molecular complexity index is 583. The van der Waals surface area contributed by atoms with Gasteiger partial charge in [-0.25, -0.2) is 0 Å². The first-order chi connectivity index (χ1) is 9.19. The number of carbonyl (C=O) groups is 1. The monoisotopic (exact) mass is 253 g/mol. The van der Waals surface area contributed by atoms with Gasteiger partial charge in [-0.05, 0) is 43.7 Å². The Morgan fingerprint density at radius 2 is 1.68 bits per heavy atom. The van der Waals surface area contributed by atoms with Crippen LogP contribution in [0.1, 0.15) is 28.4 Å². The maximum atomic E-state index is 10.5. The fourth-order valence-corrected chi connectivity index (χ4v) is 1.58. The van der Waals surface area contributed by atoms with E-state index in [9.17, 15) is 4.79 Å². The molecule has 0 saturated carbocycles. The minimum absolute atomic E-state index is 0.608. The van der Waals surface area contributed by atoms with Crippen LogP contribution in [0.15, 0.2) is 53.7 Å². The van der Waals surface area contributed by atoms with Crippen molar-refractivity contribution in [1.82, 2.24) is 0 Å². The first kappa shape index (κ1) is 13.0. The van der Waals surface area contributed by atoms with Gasteiger partial charge in [0.25, 0.3) is 0 Å². The van der Waals surface area contributed by atoms with Gasteiger partial charge in [0.15, 0.2) is 5.75 Å². The lowest BCUT2D eigenvalue weighted by Gasteiger charge is -2.02. The Balaban J connectivity index is 2.08. The molecular formula is C16H15NO2. The molecule has 0 aliphatic rings. The summed E-state index contributed by atoms with van der Waals surface area (Å²) in [6.07, 6.45) is 0.796. The first-order valence-electron chi connectivity index (χ1n) is 6.03. The lowest BCUT2D eigenvalue weighted by Crippen LogP contribution is -1.97. The highest BCUT2D eigenvalue weighted by atomic mass is 16.6. The average molecular weight is 253 g/mol. The zero-order valence-electron chi connectivity index (χ0n) is 11.0. The summed E-state index contributed by atoms with van der Waals surface area (Å²) in [5, 5.41) is 4.08. The van der Waals surface area contributed by atoms with E-state index in [1.807, 2.05) is 38.1 Å². The summed E-state index contributed by atoms with van der Waals surface area (Å²) in [4.78, 5) is 15.9. The lowest BCUT2D eigenvalue weighted by molar-refractivity contribution is 0.112. The molecule has 0 N–H and O–H groups in total. The van der Waals surface area contributed by atoms with E-state index in [1.165, 1.54) is 5.56 Å². The predicted octanol–water partition coefficient (Wildman–Crippen LogP) is 3.61. The van der Waals surface area contributed by atoms with Crippen molar-refractivity contribution in [1.29, 1.82) is 0 Å². The quantitative estimate of drug-likeness (QED) is 0.474. The Morgan fingerprint density at radius 1 is 1.05 bits per heavy atom. The van der Waals surface area contributed by atoms with Crippen molar-refractivity contribution >= 4 is 12.0 Å². The van der Waals surface area contributed by atoms with Crippen molar-refractivity contribution in [2.75, 3.05) is 0 Å². The molecule has 0 amide bonds. The molecule has 0 fully saturated rings. The summed E-state index contributed by atoms with van der Waals surface area (Å²) in [6, 6.07) is 14.9. The van der Waals surface area contributed by atoms with Gasteiger partial charge in [0, 0.05) is 5.56 Å². The lowest BCUT2D eigenvalue weighted by atomic mass is 10.1. The standard InChI is InChI=1S/C16H15NO2/c1-12-3-7-15(8-4-12)13(2)17-19-16-9-5-14(11-18)6-10-16/h3-11H,1-2H3. The molecule has 2 rings (SSSR count). The minimum Gasteiger partial charge on any atom is -0.357 e. The maximum Gasteiger partial charge on any atom is 0.158 e. The molecule has 0 unspecified atom stereocenters. The van der Waals surface area contributed by atoms with Gasteiger partial charge in [-0.3, -0.25) is 4.79 Å². The molecule has 0 atom stereocenters. The molecule has 0 radical (unpaired) electrons. The van der Waals surface area contributed by atoms with E-state index in [-0.39, 0.29) is 0 Å². The van der Waals surface area contributed by atoms with E-state index in [1.54, 1.807) is 24.3 Å². The van der Waals surface area contributed by atoms with Gasteiger partial charge in [0.1, 0.15) is 6.29 Å². The first-order valence-corrected chi connectivity index (χ1v) is 6.03. The van der Waals surface area contributed by atoms with Crippen LogP contribution in [0, 0.1) is 6.92 Å². The summed E-state index contributed by atoms with van der Waals surface area (Å²) in [5.74, 6) is 0.608. The number of rotatable bonds is 4. The van der Waals surface area contributed by atoms with Gasteiger partial charge in [0.05, 0.1) is 5.71 Å². The molecule has 0 saturated heterocycles. The van der Waals surface area contributed by atoms with Crippen LogP contribution in [0.2, 0.25) is 0 Å². The number of nitrogens with zero attached hydrogens (tertiary/aromatic N) is 1. The zero-order chi connectivity index (χ0) is 13.7. The summed E-state index contributed by atoms with van der Waals surface area (Å²) in [6.45, 7) is 3.94. The van der Waals surface area contributed by atoms with Crippen LogP contribution in [0.4, 0.5) is 0 Å². The van der Waals surface area contributed by atoms with E-state index in [2.05, 4.69) is 5.16 Å². The number of carbonyl (C=O) groups excluding carboxylic acids is 1. The number of benzene rings is 2. The average Bonchev–Trinajstić information content (AvgIpc) is 2.46. The molecule has 0 spiro atoms. The number of hydrogen-bond acceptors (Lipinski definition) is 3. The summed E-state index contributed by atoms with van der Waals surface area (Å²) >= 11 is 0. The predicted molar refractivity (Wildman–Crippen MR) is 75.8 cm³/mol. The molecule has 2 aromatic rings. The minimum atomic E-state index is 0.608. The molecule has 0 heterocycles. The van der Waals surface area contributed by atoms with Crippen LogP contribution in [0.5, 0.6) is 5.75 Å². The van der Waals surface area contributed by atoms with Gasteiger partial charge >= 0.3 is 0 Å². The summed E-state index contributed by atoms with van der Waals surface area (Å²) in [7, 11) is 0. The van der Waals surface area contributed by atoms with E-state index in [0.29, 0.717) is 11.3 Å². The van der Waals surface area contributed by atoms with Crippen molar-refractivity contribution in [2.24, 2.45) is 5.16 Å².